The predicted octanol–water partition coefficient (Wildman–Crippen LogP) is 4.57. The zero-order valence-corrected chi connectivity index (χ0v) is 19.3. The predicted molar refractivity (Wildman–Crippen MR) is 128 cm³/mol. The summed E-state index contributed by atoms with van der Waals surface area (Å²) in [4.78, 5) is 2.53. The van der Waals surface area contributed by atoms with Crippen LogP contribution in [0.2, 0.25) is 0 Å². The molecule has 0 radical (unpaired) electrons. The number of ether oxygens (including phenoxy) is 3. The van der Waals surface area contributed by atoms with Crippen LogP contribution in [0.3, 0.4) is 0 Å². The Kier molecular flexibility index (Phi) is 4.89. The van der Waals surface area contributed by atoms with Crippen molar-refractivity contribution in [2.75, 3.05) is 39.2 Å². The summed E-state index contributed by atoms with van der Waals surface area (Å²) < 4.78 is 19.8. The Balaban J connectivity index is 1.20. The Morgan fingerprint density at radius 3 is 2.61 bits per heavy atom. The molecule has 6 rings (SSSR count). The smallest absolute Gasteiger partial charge is 0.121 e. The molecule has 2 saturated heterocycles. The number of likely N-dealkylation sites (tertiary alicyclic amines) is 1. The minimum absolute atomic E-state index is 0.0800. The molecule has 3 aliphatic rings. The van der Waals surface area contributed by atoms with E-state index < -0.39 is 0 Å². The fourth-order valence-corrected chi connectivity index (χ4v) is 5.90. The van der Waals surface area contributed by atoms with Crippen molar-refractivity contribution in [1.82, 2.24) is 9.47 Å². The van der Waals surface area contributed by atoms with Crippen LogP contribution in [0.15, 0.2) is 60.8 Å². The quantitative estimate of drug-likeness (QED) is 0.638. The van der Waals surface area contributed by atoms with E-state index in [0.717, 1.165) is 61.8 Å². The normalized spacial score (nSPS) is 23.2. The standard InChI is InChI=1S/C27H31N3O3/c1-31-21-6-3-5-20(15-21)17-29-13-10-26(11-14-29)18-27(19-33-26)25-7-4-12-30(25)24-9-8-22(32-2)16-23(24)28-27/h3-9,12,15-16,28H,10-11,13-14,17-19H2,1-2H3/t27-/m0/s1. The summed E-state index contributed by atoms with van der Waals surface area (Å²) in [5.41, 5.74) is 4.56. The number of hydrogen-bond donors (Lipinski definition) is 1. The number of methoxy groups -OCH3 is 2. The summed E-state index contributed by atoms with van der Waals surface area (Å²) in [7, 11) is 3.44. The van der Waals surface area contributed by atoms with Crippen LogP contribution in [0, 0.1) is 0 Å². The van der Waals surface area contributed by atoms with E-state index in [-0.39, 0.29) is 11.1 Å². The molecule has 2 aromatic carbocycles. The number of anilines is 1. The van der Waals surface area contributed by atoms with E-state index in [9.17, 15) is 0 Å². The maximum Gasteiger partial charge on any atom is 0.121 e. The van der Waals surface area contributed by atoms with E-state index in [4.69, 9.17) is 14.2 Å². The molecule has 0 aliphatic carbocycles. The first-order chi connectivity index (χ1) is 16.1. The Labute approximate surface area is 195 Å². The van der Waals surface area contributed by atoms with Crippen molar-refractivity contribution in [1.29, 1.82) is 0 Å². The lowest BCUT2D eigenvalue weighted by atomic mass is 9.79. The van der Waals surface area contributed by atoms with Gasteiger partial charge in [-0.15, -0.1) is 0 Å². The Hall–Kier alpha value is -2.96. The number of aromatic nitrogens is 1. The average molecular weight is 446 g/mol. The molecule has 4 heterocycles. The first-order valence-corrected chi connectivity index (χ1v) is 11.8. The van der Waals surface area contributed by atoms with Crippen LogP contribution in [0.4, 0.5) is 5.69 Å². The average Bonchev–Trinajstić information content (AvgIpc) is 3.48. The molecule has 6 heteroatoms. The minimum Gasteiger partial charge on any atom is -0.497 e. The number of piperidine rings is 1. The zero-order valence-electron chi connectivity index (χ0n) is 19.3. The minimum atomic E-state index is -0.210. The number of benzene rings is 2. The van der Waals surface area contributed by atoms with E-state index >= 15 is 0 Å². The lowest BCUT2D eigenvalue weighted by molar-refractivity contribution is -0.0451. The number of nitrogens with zero attached hydrogens (tertiary/aromatic N) is 2. The molecular weight excluding hydrogens is 414 g/mol. The van der Waals surface area contributed by atoms with Crippen LogP contribution in [-0.2, 0) is 16.8 Å². The lowest BCUT2D eigenvalue weighted by Gasteiger charge is -2.41. The van der Waals surface area contributed by atoms with Gasteiger partial charge in [0.05, 0.1) is 43.5 Å². The third-order valence-electron chi connectivity index (χ3n) is 7.63. The maximum absolute atomic E-state index is 6.65. The Bertz CT molecular complexity index is 1160. The van der Waals surface area contributed by atoms with Gasteiger partial charge in [-0.2, -0.15) is 0 Å². The van der Waals surface area contributed by atoms with Gasteiger partial charge in [0.1, 0.15) is 17.0 Å². The molecule has 1 aromatic heterocycles. The van der Waals surface area contributed by atoms with Crippen LogP contribution in [0.25, 0.3) is 5.69 Å². The molecule has 3 aromatic rings. The molecule has 1 atom stereocenters. The van der Waals surface area contributed by atoms with Gasteiger partial charge in [0.15, 0.2) is 0 Å². The SMILES string of the molecule is COc1cccc(CN2CCC3(CC2)C[C@@]2(CO3)Nc3cc(OC)ccc3-n3cccc32)c1. The third-order valence-corrected chi connectivity index (χ3v) is 7.63. The van der Waals surface area contributed by atoms with Gasteiger partial charge < -0.3 is 24.1 Å². The summed E-state index contributed by atoms with van der Waals surface area (Å²) in [5, 5.41) is 3.87. The monoisotopic (exact) mass is 445 g/mol. The van der Waals surface area contributed by atoms with Crippen molar-refractivity contribution in [3.63, 3.8) is 0 Å². The Morgan fingerprint density at radius 2 is 1.79 bits per heavy atom. The molecule has 0 saturated carbocycles. The van der Waals surface area contributed by atoms with Gasteiger partial charge in [-0.25, -0.2) is 0 Å². The van der Waals surface area contributed by atoms with E-state index in [1.165, 1.54) is 11.3 Å². The molecule has 0 unspecified atom stereocenters. The van der Waals surface area contributed by atoms with Gasteiger partial charge in [-0.3, -0.25) is 4.90 Å². The molecule has 1 N–H and O–H groups in total. The summed E-state index contributed by atoms with van der Waals surface area (Å²) >= 11 is 0. The molecule has 2 spiro atoms. The van der Waals surface area contributed by atoms with Crippen LogP contribution in [0.5, 0.6) is 11.5 Å². The number of hydrogen-bond acceptors (Lipinski definition) is 5. The topological polar surface area (TPSA) is 47.9 Å². The molecule has 0 amide bonds. The van der Waals surface area contributed by atoms with E-state index in [1.54, 1.807) is 14.2 Å². The van der Waals surface area contributed by atoms with Gasteiger partial charge in [-0.1, -0.05) is 12.1 Å². The van der Waals surface area contributed by atoms with Crippen molar-refractivity contribution in [3.05, 3.63) is 72.1 Å². The largest absolute Gasteiger partial charge is 0.497 e. The molecule has 0 bridgehead atoms. The molecule has 33 heavy (non-hydrogen) atoms. The highest BCUT2D eigenvalue weighted by molar-refractivity contribution is 5.69. The third kappa shape index (κ3) is 3.49. The molecular formula is C27H31N3O3. The fourth-order valence-electron chi connectivity index (χ4n) is 5.90. The van der Waals surface area contributed by atoms with Crippen LogP contribution in [-0.4, -0.2) is 49.0 Å². The molecule has 6 nitrogen and oxygen atoms in total. The second-order valence-corrected chi connectivity index (χ2v) is 9.63. The van der Waals surface area contributed by atoms with Crippen LogP contribution >= 0.6 is 0 Å². The Morgan fingerprint density at radius 1 is 0.970 bits per heavy atom. The highest BCUT2D eigenvalue weighted by Gasteiger charge is 2.53. The summed E-state index contributed by atoms with van der Waals surface area (Å²) in [6.07, 6.45) is 5.23. The van der Waals surface area contributed by atoms with Crippen molar-refractivity contribution >= 4 is 5.69 Å². The first kappa shape index (κ1) is 20.6. The first-order valence-electron chi connectivity index (χ1n) is 11.8. The van der Waals surface area contributed by atoms with Crippen molar-refractivity contribution in [2.24, 2.45) is 0 Å². The van der Waals surface area contributed by atoms with Gasteiger partial charge in [0.25, 0.3) is 0 Å². The van der Waals surface area contributed by atoms with Crippen molar-refractivity contribution < 1.29 is 14.2 Å². The van der Waals surface area contributed by atoms with Crippen molar-refractivity contribution in [3.8, 4) is 17.2 Å². The van der Waals surface area contributed by atoms with E-state index in [2.05, 4.69) is 63.4 Å². The summed E-state index contributed by atoms with van der Waals surface area (Å²) in [5.74, 6) is 1.79. The second kappa shape index (κ2) is 7.82. The lowest BCUT2D eigenvalue weighted by Crippen LogP contribution is -2.46. The van der Waals surface area contributed by atoms with E-state index in [0.29, 0.717) is 6.61 Å². The van der Waals surface area contributed by atoms with Gasteiger partial charge in [0.2, 0.25) is 0 Å². The maximum atomic E-state index is 6.65. The second-order valence-electron chi connectivity index (χ2n) is 9.63. The molecule has 2 fully saturated rings. The highest BCUT2D eigenvalue weighted by Crippen LogP contribution is 2.50. The summed E-state index contributed by atoms with van der Waals surface area (Å²) in [6.45, 7) is 3.72. The van der Waals surface area contributed by atoms with Crippen molar-refractivity contribution in [2.45, 2.75) is 36.9 Å². The van der Waals surface area contributed by atoms with Gasteiger partial charge in [0, 0.05) is 38.3 Å². The summed E-state index contributed by atoms with van der Waals surface area (Å²) in [6, 6.07) is 19.0. The van der Waals surface area contributed by atoms with Crippen LogP contribution < -0.4 is 14.8 Å². The van der Waals surface area contributed by atoms with E-state index in [1.807, 2.05) is 12.1 Å². The highest BCUT2D eigenvalue weighted by atomic mass is 16.5. The number of nitrogens with one attached hydrogen (secondary N) is 1. The van der Waals surface area contributed by atoms with Crippen LogP contribution in [0.1, 0.15) is 30.5 Å². The number of rotatable bonds is 4. The number of fused-ring (bicyclic) bond motifs is 4. The molecule has 172 valence electrons. The van der Waals surface area contributed by atoms with Gasteiger partial charge >= 0.3 is 0 Å². The molecule has 3 aliphatic heterocycles. The zero-order chi connectivity index (χ0) is 22.5. The fraction of sp³-hybridized carbons (Fsp3) is 0.407. The van der Waals surface area contributed by atoms with Gasteiger partial charge in [-0.05, 0) is 54.8 Å².